The zero-order valence-corrected chi connectivity index (χ0v) is 12.4. The van der Waals surface area contributed by atoms with Crippen LogP contribution in [0.25, 0.3) is 11.1 Å². The van der Waals surface area contributed by atoms with E-state index in [9.17, 15) is 19.8 Å². The first-order valence-corrected chi connectivity index (χ1v) is 6.64. The third-order valence-electron chi connectivity index (χ3n) is 3.12. The molecule has 0 atom stereocenters. The molecular formula is C15H10Cl2O4. The Morgan fingerprint density at radius 3 is 1.76 bits per heavy atom. The van der Waals surface area contributed by atoms with Gasteiger partial charge in [0, 0.05) is 15.6 Å². The fraction of sp³-hybridized carbons (Fsp3) is 0.0667. The SMILES string of the molecule is Cc1c(C(=O)O)cc(-c2c(Cl)cccc2Cl)cc1C(=O)O. The molecule has 0 saturated heterocycles. The van der Waals surface area contributed by atoms with Gasteiger partial charge in [-0.15, -0.1) is 0 Å². The van der Waals surface area contributed by atoms with Crippen molar-refractivity contribution < 1.29 is 19.8 Å². The van der Waals surface area contributed by atoms with Crippen LogP contribution in [0.4, 0.5) is 0 Å². The second-order valence-electron chi connectivity index (χ2n) is 4.40. The lowest BCUT2D eigenvalue weighted by atomic mass is 9.95. The van der Waals surface area contributed by atoms with E-state index in [1.165, 1.54) is 19.1 Å². The highest BCUT2D eigenvalue weighted by atomic mass is 35.5. The first-order valence-electron chi connectivity index (χ1n) is 5.88. The lowest BCUT2D eigenvalue weighted by molar-refractivity contribution is 0.0696. The van der Waals surface area contributed by atoms with Crippen LogP contribution in [0, 0.1) is 6.92 Å². The minimum absolute atomic E-state index is 0.0964. The predicted octanol–water partition coefficient (Wildman–Crippen LogP) is 4.37. The molecule has 2 rings (SSSR count). The number of halogens is 2. The molecule has 0 saturated carbocycles. The Morgan fingerprint density at radius 2 is 1.38 bits per heavy atom. The lowest BCUT2D eigenvalue weighted by Crippen LogP contribution is -2.08. The molecule has 0 fully saturated rings. The first-order chi connectivity index (χ1) is 9.82. The largest absolute Gasteiger partial charge is 0.478 e. The van der Waals surface area contributed by atoms with Crippen molar-refractivity contribution in [2.75, 3.05) is 0 Å². The minimum atomic E-state index is -1.21. The van der Waals surface area contributed by atoms with Crippen LogP contribution in [0.2, 0.25) is 10.0 Å². The van der Waals surface area contributed by atoms with Crippen molar-refractivity contribution in [2.45, 2.75) is 6.92 Å². The number of hydrogen-bond acceptors (Lipinski definition) is 2. The maximum absolute atomic E-state index is 11.3. The summed E-state index contributed by atoms with van der Waals surface area (Å²) in [7, 11) is 0. The van der Waals surface area contributed by atoms with Crippen LogP contribution in [-0.4, -0.2) is 22.2 Å². The Morgan fingerprint density at radius 1 is 0.952 bits per heavy atom. The third kappa shape index (κ3) is 2.86. The number of carboxylic acids is 2. The minimum Gasteiger partial charge on any atom is -0.478 e. The fourth-order valence-corrected chi connectivity index (χ4v) is 2.69. The van der Waals surface area contributed by atoms with Gasteiger partial charge in [-0.3, -0.25) is 0 Å². The standard InChI is InChI=1S/C15H10Cl2O4/c1-7-9(14(18)19)5-8(6-10(7)15(20)21)13-11(16)3-2-4-12(13)17/h2-6H,1H3,(H,18,19)(H,20,21). The van der Waals surface area contributed by atoms with Crippen molar-refractivity contribution in [2.24, 2.45) is 0 Å². The summed E-state index contributed by atoms with van der Waals surface area (Å²) in [6, 6.07) is 7.60. The zero-order valence-electron chi connectivity index (χ0n) is 10.9. The molecule has 21 heavy (non-hydrogen) atoms. The molecule has 0 spiro atoms. The molecule has 4 nitrogen and oxygen atoms in total. The molecule has 2 N–H and O–H groups in total. The van der Waals surface area contributed by atoms with Crippen molar-refractivity contribution in [3.05, 3.63) is 57.1 Å². The van der Waals surface area contributed by atoms with Crippen LogP contribution in [0.5, 0.6) is 0 Å². The topological polar surface area (TPSA) is 74.6 Å². The molecule has 0 heterocycles. The average molecular weight is 325 g/mol. The smallest absolute Gasteiger partial charge is 0.335 e. The number of carbonyl (C=O) groups is 2. The van der Waals surface area contributed by atoms with E-state index in [1.54, 1.807) is 18.2 Å². The van der Waals surface area contributed by atoms with Crippen molar-refractivity contribution >= 4 is 35.1 Å². The second kappa shape index (κ2) is 5.76. The molecule has 0 amide bonds. The number of hydrogen-bond donors (Lipinski definition) is 2. The molecule has 0 radical (unpaired) electrons. The van der Waals surface area contributed by atoms with E-state index in [0.717, 1.165) is 0 Å². The van der Waals surface area contributed by atoms with Crippen molar-refractivity contribution in [1.82, 2.24) is 0 Å². The van der Waals surface area contributed by atoms with E-state index in [4.69, 9.17) is 23.2 Å². The summed E-state index contributed by atoms with van der Waals surface area (Å²) in [5.41, 5.74) is 0.750. The molecule has 0 bridgehead atoms. The van der Waals surface area contributed by atoms with Gasteiger partial charge in [-0.1, -0.05) is 29.3 Å². The van der Waals surface area contributed by atoms with E-state index < -0.39 is 11.9 Å². The summed E-state index contributed by atoms with van der Waals surface area (Å²) in [4.78, 5) is 22.6. The third-order valence-corrected chi connectivity index (χ3v) is 3.75. The highest BCUT2D eigenvalue weighted by Crippen LogP contribution is 2.36. The van der Waals surface area contributed by atoms with Gasteiger partial charge in [-0.05, 0) is 42.3 Å². The van der Waals surface area contributed by atoms with Gasteiger partial charge in [-0.25, -0.2) is 9.59 Å². The van der Waals surface area contributed by atoms with Crippen LogP contribution >= 0.6 is 23.2 Å². The number of rotatable bonds is 3. The Bertz CT molecular complexity index is 698. The van der Waals surface area contributed by atoms with Gasteiger partial charge in [0.1, 0.15) is 0 Å². The maximum Gasteiger partial charge on any atom is 0.335 e. The molecule has 0 aromatic heterocycles. The number of aromatic carboxylic acids is 2. The van der Waals surface area contributed by atoms with Gasteiger partial charge >= 0.3 is 11.9 Å². The molecule has 2 aromatic rings. The van der Waals surface area contributed by atoms with Crippen molar-refractivity contribution in [3.63, 3.8) is 0 Å². The zero-order chi connectivity index (χ0) is 15.7. The molecule has 0 unspecified atom stereocenters. The summed E-state index contributed by atoms with van der Waals surface area (Å²) in [5.74, 6) is -2.42. The summed E-state index contributed by atoms with van der Waals surface area (Å²) in [6.07, 6.45) is 0. The van der Waals surface area contributed by atoms with Gasteiger partial charge in [0.25, 0.3) is 0 Å². The van der Waals surface area contributed by atoms with Crippen molar-refractivity contribution in [1.29, 1.82) is 0 Å². The molecular weight excluding hydrogens is 315 g/mol. The van der Waals surface area contributed by atoms with Gasteiger partial charge < -0.3 is 10.2 Å². The van der Waals surface area contributed by atoms with Gasteiger partial charge in [0.2, 0.25) is 0 Å². The predicted molar refractivity (Wildman–Crippen MR) is 80.6 cm³/mol. The summed E-state index contributed by atoms with van der Waals surface area (Å²) >= 11 is 12.2. The fourth-order valence-electron chi connectivity index (χ4n) is 2.08. The monoisotopic (exact) mass is 324 g/mol. The van der Waals surface area contributed by atoms with E-state index in [0.29, 0.717) is 21.2 Å². The summed E-state index contributed by atoms with van der Waals surface area (Å²) < 4.78 is 0. The lowest BCUT2D eigenvalue weighted by Gasteiger charge is -2.12. The van der Waals surface area contributed by atoms with Crippen LogP contribution in [0.1, 0.15) is 26.3 Å². The first kappa shape index (κ1) is 15.4. The Balaban J connectivity index is 2.82. The van der Waals surface area contributed by atoms with Crippen LogP contribution in [0.3, 0.4) is 0 Å². The number of carboxylic acid groups (broad SMARTS) is 2. The van der Waals surface area contributed by atoms with Gasteiger partial charge in [0.15, 0.2) is 0 Å². The summed E-state index contributed by atoms with van der Waals surface area (Å²) in [6.45, 7) is 1.45. The molecule has 6 heteroatoms. The second-order valence-corrected chi connectivity index (χ2v) is 5.22. The summed E-state index contributed by atoms with van der Waals surface area (Å²) in [5, 5.41) is 19.1. The average Bonchev–Trinajstić information content (AvgIpc) is 2.39. The van der Waals surface area contributed by atoms with Crippen molar-refractivity contribution in [3.8, 4) is 11.1 Å². The van der Waals surface area contributed by atoms with E-state index >= 15 is 0 Å². The van der Waals surface area contributed by atoms with E-state index in [-0.39, 0.29) is 16.7 Å². The Kier molecular flexibility index (Phi) is 4.21. The highest BCUT2D eigenvalue weighted by Gasteiger charge is 2.19. The quantitative estimate of drug-likeness (QED) is 0.879. The molecule has 2 aromatic carbocycles. The Hall–Kier alpha value is -2.04. The number of benzene rings is 2. The Labute approximate surface area is 130 Å². The van der Waals surface area contributed by atoms with Crippen LogP contribution < -0.4 is 0 Å². The van der Waals surface area contributed by atoms with E-state index in [2.05, 4.69) is 0 Å². The molecule has 0 aliphatic carbocycles. The van der Waals surface area contributed by atoms with Crippen LogP contribution in [-0.2, 0) is 0 Å². The van der Waals surface area contributed by atoms with Gasteiger partial charge in [-0.2, -0.15) is 0 Å². The molecule has 0 aliphatic heterocycles. The van der Waals surface area contributed by atoms with Crippen LogP contribution in [0.15, 0.2) is 30.3 Å². The normalized spacial score (nSPS) is 10.4. The molecule has 0 aliphatic rings. The van der Waals surface area contributed by atoms with Gasteiger partial charge in [0.05, 0.1) is 11.1 Å². The molecule has 108 valence electrons. The maximum atomic E-state index is 11.3. The highest BCUT2D eigenvalue weighted by molar-refractivity contribution is 6.39. The van der Waals surface area contributed by atoms with E-state index in [1.807, 2.05) is 0 Å².